The average molecular weight is 420 g/mol. The first kappa shape index (κ1) is 20.9. The van der Waals surface area contributed by atoms with Gasteiger partial charge in [0.2, 0.25) is 5.88 Å². The fraction of sp³-hybridized carbons (Fsp3) is 0.625. The third kappa shape index (κ3) is 9.07. The molecule has 1 rings (SSSR count). The summed E-state index contributed by atoms with van der Waals surface area (Å²) in [7, 11) is 1.78. The highest BCUT2D eigenvalue weighted by Crippen LogP contribution is 2.09. The van der Waals surface area contributed by atoms with E-state index in [1.807, 2.05) is 32.2 Å². The number of unbranched alkanes of at least 4 members (excludes halogenated alkanes) is 2. The second-order valence-electron chi connectivity index (χ2n) is 5.23. The van der Waals surface area contributed by atoms with Crippen molar-refractivity contribution < 1.29 is 4.74 Å². The van der Waals surface area contributed by atoms with Crippen LogP contribution in [0, 0.1) is 0 Å². The molecule has 1 aromatic rings. The molecule has 0 amide bonds. The van der Waals surface area contributed by atoms with Crippen LogP contribution in [0.1, 0.15) is 45.6 Å². The summed E-state index contributed by atoms with van der Waals surface area (Å²) in [6.07, 6.45) is 5.61. The molecule has 0 unspecified atom stereocenters. The number of halogens is 1. The molecule has 0 atom stereocenters. The van der Waals surface area contributed by atoms with Crippen molar-refractivity contribution in [1.29, 1.82) is 0 Å². The molecule has 0 aliphatic heterocycles. The Morgan fingerprint density at radius 1 is 1.27 bits per heavy atom. The first-order valence-electron chi connectivity index (χ1n) is 7.71. The number of rotatable bonds is 8. The fourth-order valence-corrected chi connectivity index (χ4v) is 1.81. The van der Waals surface area contributed by atoms with Gasteiger partial charge in [0, 0.05) is 32.4 Å². The van der Waals surface area contributed by atoms with Crippen molar-refractivity contribution in [3.8, 4) is 5.88 Å². The highest BCUT2D eigenvalue weighted by atomic mass is 127. The fourth-order valence-electron chi connectivity index (χ4n) is 1.81. The maximum atomic E-state index is 5.52. The minimum Gasteiger partial charge on any atom is -0.475 e. The van der Waals surface area contributed by atoms with Crippen LogP contribution >= 0.6 is 24.0 Å². The predicted octanol–water partition coefficient (Wildman–Crippen LogP) is 3.34. The Morgan fingerprint density at radius 3 is 2.59 bits per heavy atom. The topological polar surface area (TPSA) is 58.5 Å². The van der Waals surface area contributed by atoms with Gasteiger partial charge in [-0.05, 0) is 25.8 Å². The summed E-state index contributed by atoms with van der Waals surface area (Å²) in [5, 5.41) is 6.59. The minimum absolute atomic E-state index is 0. The van der Waals surface area contributed by atoms with Crippen LogP contribution < -0.4 is 15.4 Å². The van der Waals surface area contributed by atoms with E-state index in [1.165, 1.54) is 19.3 Å². The van der Waals surface area contributed by atoms with E-state index in [1.54, 1.807) is 7.05 Å². The largest absolute Gasteiger partial charge is 0.475 e. The quantitative estimate of drug-likeness (QED) is 0.293. The number of ether oxygens (including phenoxy) is 1. The molecule has 1 aromatic heterocycles. The monoisotopic (exact) mass is 420 g/mol. The number of nitrogens with zero attached hydrogens (tertiary/aromatic N) is 2. The van der Waals surface area contributed by atoms with Gasteiger partial charge in [-0.2, -0.15) is 0 Å². The van der Waals surface area contributed by atoms with Crippen molar-refractivity contribution in [3.63, 3.8) is 0 Å². The zero-order valence-corrected chi connectivity index (χ0v) is 16.4. The van der Waals surface area contributed by atoms with Crippen LogP contribution in [0.25, 0.3) is 0 Å². The van der Waals surface area contributed by atoms with Crippen molar-refractivity contribution >= 4 is 29.9 Å². The zero-order chi connectivity index (χ0) is 15.5. The highest BCUT2D eigenvalue weighted by Gasteiger charge is 2.01. The van der Waals surface area contributed by atoms with Crippen molar-refractivity contribution in [3.05, 3.63) is 23.9 Å². The Bertz CT molecular complexity index is 421. The molecule has 6 heteroatoms. The predicted molar refractivity (Wildman–Crippen MR) is 103 cm³/mol. The standard InChI is InChI=1S/C16H28N4O.HI/c1-5-6-7-10-18-16(17-4)20-12-14-8-9-15(19-11-14)21-13(2)3;/h8-9,11,13H,5-7,10,12H2,1-4H3,(H2,17,18,20);1H. The lowest BCUT2D eigenvalue weighted by molar-refractivity contribution is 0.232. The van der Waals surface area contributed by atoms with Gasteiger partial charge in [0.05, 0.1) is 6.10 Å². The summed E-state index contributed by atoms with van der Waals surface area (Å²) >= 11 is 0. The zero-order valence-electron chi connectivity index (χ0n) is 14.1. The van der Waals surface area contributed by atoms with E-state index in [4.69, 9.17) is 4.74 Å². The SMILES string of the molecule is CCCCCNC(=NC)NCc1ccc(OC(C)C)nc1.I. The molecule has 0 aromatic carbocycles. The van der Waals surface area contributed by atoms with Gasteiger partial charge in [-0.3, -0.25) is 4.99 Å². The molecule has 126 valence electrons. The lowest BCUT2D eigenvalue weighted by Crippen LogP contribution is -2.37. The van der Waals surface area contributed by atoms with E-state index in [0.717, 1.165) is 18.1 Å². The molecule has 0 saturated heterocycles. The van der Waals surface area contributed by atoms with Crippen LogP contribution in [0.4, 0.5) is 0 Å². The van der Waals surface area contributed by atoms with Crippen LogP contribution in [0.5, 0.6) is 5.88 Å². The van der Waals surface area contributed by atoms with E-state index < -0.39 is 0 Å². The number of pyridine rings is 1. The second kappa shape index (κ2) is 12.5. The van der Waals surface area contributed by atoms with Gasteiger partial charge < -0.3 is 15.4 Å². The Morgan fingerprint density at radius 2 is 2.05 bits per heavy atom. The molecule has 0 aliphatic rings. The molecule has 0 aliphatic carbocycles. The molecule has 0 radical (unpaired) electrons. The first-order chi connectivity index (χ1) is 10.2. The highest BCUT2D eigenvalue weighted by molar-refractivity contribution is 14.0. The summed E-state index contributed by atoms with van der Waals surface area (Å²) < 4.78 is 5.52. The number of hydrogen-bond donors (Lipinski definition) is 2. The van der Waals surface area contributed by atoms with Crippen molar-refractivity contribution in [1.82, 2.24) is 15.6 Å². The van der Waals surface area contributed by atoms with E-state index in [-0.39, 0.29) is 30.1 Å². The normalized spacial score (nSPS) is 11.0. The third-order valence-electron chi connectivity index (χ3n) is 2.91. The Labute approximate surface area is 151 Å². The molecule has 0 bridgehead atoms. The number of nitrogens with one attached hydrogen (secondary N) is 2. The van der Waals surface area contributed by atoms with Crippen LogP contribution in [0.2, 0.25) is 0 Å². The molecule has 22 heavy (non-hydrogen) atoms. The van der Waals surface area contributed by atoms with Crippen molar-refractivity contribution in [2.75, 3.05) is 13.6 Å². The van der Waals surface area contributed by atoms with Crippen molar-refractivity contribution in [2.24, 2.45) is 4.99 Å². The molecule has 1 heterocycles. The van der Waals surface area contributed by atoms with Gasteiger partial charge in [-0.15, -0.1) is 24.0 Å². The molecule has 0 spiro atoms. The molecule has 0 fully saturated rings. The van der Waals surface area contributed by atoms with Gasteiger partial charge in [0.15, 0.2) is 5.96 Å². The summed E-state index contributed by atoms with van der Waals surface area (Å²) in [4.78, 5) is 8.49. The minimum atomic E-state index is 0. The van der Waals surface area contributed by atoms with E-state index in [0.29, 0.717) is 12.4 Å². The van der Waals surface area contributed by atoms with E-state index >= 15 is 0 Å². The van der Waals surface area contributed by atoms with Gasteiger partial charge in [-0.25, -0.2) is 4.98 Å². The number of aliphatic imine (C=N–C) groups is 1. The Balaban J connectivity index is 0.00000441. The second-order valence-corrected chi connectivity index (χ2v) is 5.23. The summed E-state index contributed by atoms with van der Waals surface area (Å²) in [6.45, 7) is 7.83. The van der Waals surface area contributed by atoms with Crippen LogP contribution in [0.15, 0.2) is 23.3 Å². The number of aromatic nitrogens is 1. The number of guanidine groups is 1. The lowest BCUT2D eigenvalue weighted by atomic mass is 10.2. The summed E-state index contributed by atoms with van der Waals surface area (Å²) in [5.41, 5.74) is 1.10. The molecule has 0 saturated carbocycles. The molecule has 5 nitrogen and oxygen atoms in total. The first-order valence-corrected chi connectivity index (χ1v) is 7.71. The van der Waals surface area contributed by atoms with Crippen molar-refractivity contribution in [2.45, 2.75) is 52.7 Å². The Kier molecular flexibility index (Phi) is 11.9. The average Bonchev–Trinajstić information content (AvgIpc) is 2.47. The Hall–Kier alpha value is -1.05. The van der Waals surface area contributed by atoms with Gasteiger partial charge in [0.1, 0.15) is 0 Å². The smallest absolute Gasteiger partial charge is 0.213 e. The van der Waals surface area contributed by atoms with Gasteiger partial charge >= 0.3 is 0 Å². The summed E-state index contributed by atoms with van der Waals surface area (Å²) in [5.74, 6) is 1.49. The molecule has 2 N–H and O–H groups in total. The maximum Gasteiger partial charge on any atom is 0.213 e. The van der Waals surface area contributed by atoms with Gasteiger partial charge in [0.25, 0.3) is 0 Å². The van der Waals surface area contributed by atoms with Gasteiger partial charge in [-0.1, -0.05) is 25.8 Å². The lowest BCUT2D eigenvalue weighted by Gasteiger charge is -2.12. The van der Waals surface area contributed by atoms with E-state index in [2.05, 4.69) is 27.5 Å². The summed E-state index contributed by atoms with van der Waals surface area (Å²) in [6, 6.07) is 3.91. The molecular formula is C16H29IN4O. The van der Waals surface area contributed by atoms with Crippen LogP contribution in [-0.4, -0.2) is 30.6 Å². The van der Waals surface area contributed by atoms with Crippen LogP contribution in [-0.2, 0) is 6.54 Å². The number of hydrogen-bond acceptors (Lipinski definition) is 3. The third-order valence-corrected chi connectivity index (χ3v) is 2.91. The van der Waals surface area contributed by atoms with Crippen LogP contribution in [0.3, 0.4) is 0 Å². The molecular weight excluding hydrogens is 391 g/mol. The van der Waals surface area contributed by atoms with E-state index in [9.17, 15) is 0 Å². The maximum absolute atomic E-state index is 5.52.